The second kappa shape index (κ2) is 7.39. The molecule has 2 aromatic rings. The lowest BCUT2D eigenvalue weighted by Crippen LogP contribution is -2.03. The van der Waals surface area contributed by atoms with Crippen LogP contribution in [-0.2, 0) is 4.57 Å². The Hall–Kier alpha value is -0.0600. The van der Waals surface area contributed by atoms with Crippen LogP contribution in [-0.4, -0.2) is 9.97 Å². The van der Waals surface area contributed by atoms with Crippen molar-refractivity contribution in [1.29, 1.82) is 0 Å². The highest BCUT2D eigenvalue weighted by Gasteiger charge is 2.03. The molecule has 0 fully saturated rings. The number of aromatic amines is 1. The SMILES string of the molecule is Br.O=P(Cl)(Cl)Cl.O=c1[nH]ccc2ccncc12. The Labute approximate surface area is 122 Å². The van der Waals surface area contributed by atoms with Crippen LogP contribution in [0, 0.1) is 0 Å². The van der Waals surface area contributed by atoms with Crippen molar-refractivity contribution in [3.8, 4) is 0 Å². The Morgan fingerprint density at radius 1 is 1.24 bits per heavy atom. The number of fused-ring (bicyclic) bond motifs is 1. The van der Waals surface area contributed by atoms with Gasteiger partial charge in [-0.05, 0) is 51.2 Å². The van der Waals surface area contributed by atoms with Gasteiger partial charge in [0.25, 0.3) is 5.56 Å². The predicted molar refractivity (Wildman–Crippen MR) is 77.9 cm³/mol. The summed E-state index contributed by atoms with van der Waals surface area (Å²) < 4.78 is 9.51. The molecule has 2 rings (SSSR count). The minimum atomic E-state index is -3.22. The fourth-order valence-corrected chi connectivity index (χ4v) is 1.03. The second-order valence-electron chi connectivity index (χ2n) is 2.67. The number of hydrogen-bond donors (Lipinski definition) is 1. The Kier molecular flexibility index (Phi) is 7.37. The molecule has 0 saturated heterocycles. The molecule has 1 N–H and O–H groups in total. The number of rotatable bonds is 0. The quantitative estimate of drug-likeness (QED) is 0.693. The van der Waals surface area contributed by atoms with Crippen LogP contribution in [0.3, 0.4) is 0 Å². The van der Waals surface area contributed by atoms with E-state index < -0.39 is 5.20 Å². The van der Waals surface area contributed by atoms with Gasteiger partial charge in [-0.15, -0.1) is 17.0 Å². The van der Waals surface area contributed by atoms with E-state index in [0.29, 0.717) is 5.39 Å². The zero-order valence-corrected chi connectivity index (χ0v) is 13.0. The summed E-state index contributed by atoms with van der Waals surface area (Å²) in [5.74, 6) is 0. The van der Waals surface area contributed by atoms with Crippen LogP contribution in [0.25, 0.3) is 10.8 Å². The molecule has 4 nitrogen and oxygen atoms in total. The van der Waals surface area contributed by atoms with Crippen LogP contribution in [0.15, 0.2) is 35.5 Å². The summed E-state index contributed by atoms with van der Waals surface area (Å²) in [5, 5.41) is -1.67. The summed E-state index contributed by atoms with van der Waals surface area (Å²) in [6, 6.07) is 3.66. The summed E-state index contributed by atoms with van der Waals surface area (Å²) in [6.07, 6.45) is 4.86. The van der Waals surface area contributed by atoms with Crippen molar-refractivity contribution in [2.24, 2.45) is 0 Å². The molecular formula is C8H7BrCl3N2O2P. The van der Waals surface area contributed by atoms with E-state index in [4.69, 9.17) is 0 Å². The Balaban J connectivity index is 0.000000373. The highest BCUT2D eigenvalue weighted by atomic mass is 79.9. The first-order valence-electron chi connectivity index (χ1n) is 3.98. The Morgan fingerprint density at radius 2 is 1.82 bits per heavy atom. The van der Waals surface area contributed by atoms with Crippen molar-refractivity contribution in [3.63, 3.8) is 0 Å². The van der Waals surface area contributed by atoms with E-state index in [1.165, 1.54) is 0 Å². The van der Waals surface area contributed by atoms with Crippen LogP contribution in [0.2, 0.25) is 0 Å². The molecule has 0 aliphatic rings. The largest absolute Gasteiger partial charge is 0.339 e. The van der Waals surface area contributed by atoms with Gasteiger partial charge in [0.2, 0.25) is 0 Å². The van der Waals surface area contributed by atoms with Crippen molar-refractivity contribution in [3.05, 3.63) is 41.1 Å². The molecule has 0 spiro atoms. The molecule has 2 aromatic heterocycles. The maximum Gasteiger partial charge on any atom is 0.339 e. The average molecular weight is 380 g/mol. The van der Waals surface area contributed by atoms with Crippen molar-refractivity contribution >= 4 is 66.7 Å². The van der Waals surface area contributed by atoms with Gasteiger partial charge in [0.15, 0.2) is 0 Å². The average Bonchev–Trinajstić information content (AvgIpc) is 2.16. The summed E-state index contributed by atoms with van der Waals surface area (Å²) >= 11 is 13.8. The van der Waals surface area contributed by atoms with E-state index in [-0.39, 0.29) is 22.5 Å². The van der Waals surface area contributed by atoms with Crippen LogP contribution in [0.5, 0.6) is 0 Å². The summed E-state index contributed by atoms with van der Waals surface area (Å²) in [6.45, 7) is 0. The topological polar surface area (TPSA) is 62.8 Å². The number of H-pyrrole nitrogens is 1. The van der Waals surface area contributed by atoms with E-state index in [2.05, 4.69) is 43.7 Å². The second-order valence-corrected chi connectivity index (χ2v) is 9.31. The van der Waals surface area contributed by atoms with E-state index in [9.17, 15) is 9.36 Å². The fraction of sp³-hybridized carbons (Fsp3) is 0. The summed E-state index contributed by atoms with van der Waals surface area (Å²) in [7, 11) is 0. The lowest BCUT2D eigenvalue weighted by Gasteiger charge is -1.91. The molecule has 0 unspecified atom stereocenters. The molecule has 0 aliphatic heterocycles. The van der Waals surface area contributed by atoms with Gasteiger partial charge in [-0.1, -0.05) is 0 Å². The van der Waals surface area contributed by atoms with Gasteiger partial charge in [0, 0.05) is 18.6 Å². The maximum absolute atomic E-state index is 11.1. The van der Waals surface area contributed by atoms with Gasteiger partial charge < -0.3 is 4.98 Å². The smallest absolute Gasteiger partial charge is 0.329 e. The van der Waals surface area contributed by atoms with Crippen molar-refractivity contribution in [2.45, 2.75) is 0 Å². The van der Waals surface area contributed by atoms with E-state index in [0.717, 1.165) is 5.39 Å². The molecule has 94 valence electrons. The number of aromatic nitrogens is 2. The molecule has 0 aliphatic carbocycles. The van der Waals surface area contributed by atoms with Crippen LogP contribution in [0.1, 0.15) is 0 Å². The molecule has 0 bridgehead atoms. The molecule has 2 heterocycles. The van der Waals surface area contributed by atoms with Crippen molar-refractivity contribution in [2.75, 3.05) is 0 Å². The zero-order chi connectivity index (χ0) is 12.2. The number of pyridine rings is 2. The third-order valence-corrected chi connectivity index (χ3v) is 1.58. The molecule has 0 radical (unpaired) electrons. The van der Waals surface area contributed by atoms with Crippen molar-refractivity contribution in [1.82, 2.24) is 9.97 Å². The normalized spacial score (nSPS) is 10.1. The van der Waals surface area contributed by atoms with Gasteiger partial charge in [0.1, 0.15) is 0 Å². The predicted octanol–water partition coefficient (Wildman–Crippen LogP) is 4.31. The van der Waals surface area contributed by atoms with Gasteiger partial charge in [0.05, 0.1) is 5.39 Å². The molecule has 17 heavy (non-hydrogen) atoms. The minimum Gasteiger partial charge on any atom is -0.329 e. The molecule has 0 amide bonds. The van der Waals surface area contributed by atoms with Crippen LogP contribution < -0.4 is 5.56 Å². The van der Waals surface area contributed by atoms with E-state index in [1.54, 1.807) is 18.6 Å². The molecule has 0 atom stereocenters. The van der Waals surface area contributed by atoms with Gasteiger partial charge >= 0.3 is 5.20 Å². The third-order valence-electron chi connectivity index (χ3n) is 1.58. The number of nitrogens with one attached hydrogen (secondary N) is 1. The molecule has 0 aromatic carbocycles. The first kappa shape index (κ1) is 16.9. The molecule has 9 heteroatoms. The Bertz CT molecular complexity index is 572. The highest BCUT2D eigenvalue weighted by Crippen LogP contribution is 2.61. The zero-order valence-electron chi connectivity index (χ0n) is 8.14. The lowest BCUT2D eigenvalue weighted by atomic mass is 10.2. The fourth-order valence-electron chi connectivity index (χ4n) is 1.03. The van der Waals surface area contributed by atoms with Gasteiger partial charge in [-0.25, -0.2) is 0 Å². The first-order chi connectivity index (χ1) is 7.38. The van der Waals surface area contributed by atoms with E-state index in [1.807, 2.05) is 12.1 Å². The van der Waals surface area contributed by atoms with Gasteiger partial charge in [-0.2, -0.15) is 0 Å². The maximum atomic E-state index is 11.1. The first-order valence-corrected chi connectivity index (χ1v) is 8.40. The number of hydrogen-bond acceptors (Lipinski definition) is 3. The summed E-state index contributed by atoms with van der Waals surface area (Å²) in [5.41, 5.74) is -0.0874. The lowest BCUT2D eigenvalue weighted by molar-refractivity contribution is 0.600. The van der Waals surface area contributed by atoms with Gasteiger partial charge in [-0.3, -0.25) is 14.3 Å². The van der Waals surface area contributed by atoms with Crippen LogP contribution in [0.4, 0.5) is 0 Å². The standard InChI is InChI=1S/C8H6N2O.BrH.Cl3OP/c11-8-7-5-9-3-1-6(7)2-4-10-8;;1-5(2,3)4/h1-5H,(H,10,11);1H;. The minimum absolute atomic E-state index is 0. The number of nitrogens with zero attached hydrogens (tertiary/aromatic N) is 1. The van der Waals surface area contributed by atoms with Crippen LogP contribution >= 0.6 is 55.9 Å². The summed E-state index contributed by atoms with van der Waals surface area (Å²) in [4.78, 5) is 17.5. The monoisotopic (exact) mass is 378 g/mol. The number of halogens is 4. The van der Waals surface area contributed by atoms with E-state index >= 15 is 0 Å². The van der Waals surface area contributed by atoms with Crippen molar-refractivity contribution < 1.29 is 4.57 Å². The molecular weight excluding hydrogens is 373 g/mol. The third kappa shape index (κ3) is 7.06. The Morgan fingerprint density at radius 3 is 2.35 bits per heavy atom. The highest BCUT2D eigenvalue weighted by molar-refractivity contribution is 8.93. The molecule has 0 saturated carbocycles.